The minimum Gasteiger partial charge on any atom is -0.496 e. The van der Waals surface area contributed by atoms with Crippen molar-refractivity contribution in [1.82, 2.24) is 9.97 Å². The molecule has 1 saturated carbocycles. The molecule has 0 radical (unpaired) electrons. The average molecular weight is 420 g/mol. The number of nitrogens with zero attached hydrogens (tertiary/aromatic N) is 2. The second kappa shape index (κ2) is 9.55. The number of hydrogen-bond donors (Lipinski definition) is 2. The SMILES string of the molecule is COc1cc(F)ccc1-c1ccnc(NC(=O)[C@H]2CC[C@@H](Nc3ccccn3)CC2)c1. The maximum absolute atomic E-state index is 13.5. The molecule has 6 nitrogen and oxygen atoms in total. The van der Waals surface area contributed by atoms with Gasteiger partial charge in [-0.1, -0.05) is 6.07 Å². The van der Waals surface area contributed by atoms with Crippen molar-refractivity contribution in [2.24, 2.45) is 5.92 Å². The van der Waals surface area contributed by atoms with Crippen LogP contribution in [-0.4, -0.2) is 29.0 Å². The molecule has 2 aromatic heterocycles. The van der Waals surface area contributed by atoms with Crippen molar-refractivity contribution in [3.8, 4) is 16.9 Å². The highest BCUT2D eigenvalue weighted by atomic mass is 19.1. The number of ether oxygens (including phenoxy) is 1. The fourth-order valence-corrected chi connectivity index (χ4v) is 3.96. The zero-order valence-corrected chi connectivity index (χ0v) is 17.3. The standard InChI is InChI=1S/C24H25FN4O2/c1-31-21-15-18(25)7-10-20(21)17-11-13-27-23(14-17)29-24(30)16-5-8-19(9-6-16)28-22-4-2-3-12-26-22/h2-4,7,10-16,19H,5-6,8-9H2,1H3,(H,26,28)(H,27,29,30)/t16-,19+. The topological polar surface area (TPSA) is 76.1 Å². The predicted octanol–water partition coefficient (Wildman–Crippen LogP) is 4.90. The van der Waals surface area contributed by atoms with Gasteiger partial charge in [-0.2, -0.15) is 0 Å². The van der Waals surface area contributed by atoms with Crippen LogP contribution in [0.4, 0.5) is 16.0 Å². The first kappa shape index (κ1) is 20.8. The molecular formula is C24H25FN4O2. The molecule has 0 aliphatic heterocycles. The van der Waals surface area contributed by atoms with Crippen LogP contribution in [0.25, 0.3) is 11.1 Å². The van der Waals surface area contributed by atoms with Crippen molar-refractivity contribution < 1.29 is 13.9 Å². The Labute approximate surface area is 180 Å². The first-order valence-electron chi connectivity index (χ1n) is 10.4. The van der Waals surface area contributed by atoms with Crippen LogP contribution in [0.2, 0.25) is 0 Å². The van der Waals surface area contributed by atoms with Crippen LogP contribution in [0, 0.1) is 11.7 Å². The Balaban J connectivity index is 1.37. The van der Waals surface area contributed by atoms with Crippen molar-refractivity contribution in [3.63, 3.8) is 0 Å². The number of halogens is 1. The summed E-state index contributed by atoms with van der Waals surface area (Å²) in [5.74, 6) is 1.34. The van der Waals surface area contributed by atoms with Crippen LogP contribution < -0.4 is 15.4 Å². The molecule has 1 fully saturated rings. The first-order chi connectivity index (χ1) is 15.1. The lowest BCUT2D eigenvalue weighted by Gasteiger charge is -2.28. The van der Waals surface area contributed by atoms with E-state index in [0.29, 0.717) is 17.6 Å². The minimum absolute atomic E-state index is 0.0213. The molecular weight excluding hydrogens is 395 g/mol. The number of nitrogens with one attached hydrogen (secondary N) is 2. The van der Waals surface area contributed by atoms with E-state index < -0.39 is 0 Å². The van der Waals surface area contributed by atoms with E-state index >= 15 is 0 Å². The van der Waals surface area contributed by atoms with Crippen LogP contribution in [-0.2, 0) is 4.79 Å². The molecule has 3 aromatic rings. The molecule has 0 saturated heterocycles. The number of benzene rings is 1. The maximum atomic E-state index is 13.5. The largest absolute Gasteiger partial charge is 0.496 e. The quantitative estimate of drug-likeness (QED) is 0.593. The molecule has 1 aromatic carbocycles. The van der Waals surface area contributed by atoms with Crippen LogP contribution >= 0.6 is 0 Å². The number of carbonyl (C=O) groups is 1. The van der Waals surface area contributed by atoms with Crippen LogP contribution in [0.3, 0.4) is 0 Å². The van der Waals surface area contributed by atoms with Gasteiger partial charge in [0.05, 0.1) is 7.11 Å². The summed E-state index contributed by atoms with van der Waals surface area (Å²) in [5.41, 5.74) is 1.54. The van der Waals surface area contributed by atoms with Gasteiger partial charge in [0.15, 0.2) is 0 Å². The number of anilines is 2. The number of methoxy groups -OCH3 is 1. The third-order valence-electron chi connectivity index (χ3n) is 5.60. The normalized spacial score (nSPS) is 18.3. The van der Waals surface area contributed by atoms with Gasteiger partial charge in [0.1, 0.15) is 23.2 Å². The van der Waals surface area contributed by atoms with Crippen LogP contribution in [0.1, 0.15) is 25.7 Å². The summed E-state index contributed by atoms with van der Waals surface area (Å²) in [5, 5.41) is 6.37. The number of hydrogen-bond acceptors (Lipinski definition) is 5. The van der Waals surface area contributed by atoms with E-state index in [9.17, 15) is 9.18 Å². The van der Waals surface area contributed by atoms with Gasteiger partial charge in [0.25, 0.3) is 0 Å². The summed E-state index contributed by atoms with van der Waals surface area (Å²) < 4.78 is 18.8. The maximum Gasteiger partial charge on any atom is 0.228 e. The minimum atomic E-state index is -0.365. The van der Waals surface area contributed by atoms with Crippen LogP contribution in [0.5, 0.6) is 5.75 Å². The summed E-state index contributed by atoms with van der Waals surface area (Å²) in [6, 6.07) is 14.1. The molecule has 7 heteroatoms. The zero-order chi connectivity index (χ0) is 21.6. The van der Waals surface area contributed by atoms with Gasteiger partial charge in [0.2, 0.25) is 5.91 Å². The molecule has 1 aliphatic rings. The van der Waals surface area contributed by atoms with E-state index in [0.717, 1.165) is 42.6 Å². The highest BCUT2D eigenvalue weighted by Crippen LogP contribution is 2.32. The fraction of sp³-hybridized carbons (Fsp3) is 0.292. The lowest BCUT2D eigenvalue weighted by molar-refractivity contribution is -0.120. The highest BCUT2D eigenvalue weighted by Gasteiger charge is 2.26. The lowest BCUT2D eigenvalue weighted by Crippen LogP contribution is -2.32. The Morgan fingerprint density at radius 1 is 1.00 bits per heavy atom. The van der Waals surface area contributed by atoms with Gasteiger partial charge in [0, 0.05) is 36.0 Å². The summed E-state index contributed by atoms with van der Waals surface area (Å²) in [6.45, 7) is 0. The van der Waals surface area contributed by atoms with E-state index in [-0.39, 0.29) is 17.6 Å². The Morgan fingerprint density at radius 3 is 2.55 bits per heavy atom. The van der Waals surface area contributed by atoms with Gasteiger partial charge in [-0.25, -0.2) is 14.4 Å². The highest BCUT2D eigenvalue weighted by molar-refractivity contribution is 5.92. The molecule has 0 unspecified atom stereocenters. The van der Waals surface area contributed by atoms with Crippen molar-refractivity contribution >= 4 is 17.5 Å². The summed E-state index contributed by atoms with van der Waals surface area (Å²) >= 11 is 0. The smallest absolute Gasteiger partial charge is 0.228 e. The molecule has 1 aliphatic carbocycles. The predicted molar refractivity (Wildman–Crippen MR) is 118 cm³/mol. The second-order valence-electron chi connectivity index (χ2n) is 7.67. The van der Waals surface area contributed by atoms with E-state index in [1.807, 2.05) is 18.2 Å². The van der Waals surface area contributed by atoms with E-state index in [2.05, 4.69) is 20.6 Å². The third kappa shape index (κ3) is 5.17. The van der Waals surface area contributed by atoms with Crippen molar-refractivity contribution in [1.29, 1.82) is 0 Å². The number of carbonyl (C=O) groups excluding carboxylic acids is 1. The number of pyridine rings is 2. The Kier molecular flexibility index (Phi) is 6.40. The van der Waals surface area contributed by atoms with Gasteiger partial charge in [-0.3, -0.25) is 4.79 Å². The number of amides is 1. The molecule has 2 heterocycles. The molecule has 2 N–H and O–H groups in total. The fourth-order valence-electron chi connectivity index (χ4n) is 3.96. The summed E-state index contributed by atoms with van der Waals surface area (Å²) in [6.07, 6.45) is 6.83. The molecule has 4 rings (SSSR count). The van der Waals surface area contributed by atoms with E-state index in [1.54, 1.807) is 30.6 Å². The van der Waals surface area contributed by atoms with Crippen molar-refractivity contribution in [3.05, 3.63) is 66.7 Å². The number of aromatic nitrogens is 2. The molecule has 0 spiro atoms. The summed E-state index contributed by atoms with van der Waals surface area (Å²) in [4.78, 5) is 21.4. The average Bonchev–Trinajstić information content (AvgIpc) is 2.80. The van der Waals surface area contributed by atoms with Gasteiger partial charge >= 0.3 is 0 Å². The molecule has 31 heavy (non-hydrogen) atoms. The van der Waals surface area contributed by atoms with Crippen molar-refractivity contribution in [2.75, 3.05) is 17.7 Å². The molecule has 1 amide bonds. The molecule has 0 atom stereocenters. The zero-order valence-electron chi connectivity index (χ0n) is 17.3. The summed E-state index contributed by atoms with van der Waals surface area (Å²) in [7, 11) is 1.50. The van der Waals surface area contributed by atoms with Gasteiger partial charge in [-0.05, 0) is 67.6 Å². The number of rotatable bonds is 6. The molecule has 0 bridgehead atoms. The van der Waals surface area contributed by atoms with Gasteiger partial charge < -0.3 is 15.4 Å². The van der Waals surface area contributed by atoms with Crippen molar-refractivity contribution in [2.45, 2.75) is 31.7 Å². The Bertz CT molecular complexity index is 1040. The van der Waals surface area contributed by atoms with Crippen LogP contribution in [0.15, 0.2) is 60.9 Å². The van der Waals surface area contributed by atoms with E-state index in [4.69, 9.17) is 4.74 Å². The Hall–Kier alpha value is -3.48. The molecule has 160 valence electrons. The Morgan fingerprint density at radius 2 is 1.81 bits per heavy atom. The lowest BCUT2D eigenvalue weighted by atomic mass is 9.85. The third-order valence-corrected chi connectivity index (χ3v) is 5.60. The van der Waals surface area contributed by atoms with E-state index in [1.165, 1.54) is 19.2 Å². The second-order valence-corrected chi connectivity index (χ2v) is 7.67. The monoisotopic (exact) mass is 420 g/mol. The van der Waals surface area contributed by atoms with Gasteiger partial charge in [-0.15, -0.1) is 0 Å². The first-order valence-corrected chi connectivity index (χ1v) is 10.4.